The van der Waals surface area contributed by atoms with Gasteiger partial charge in [0.05, 0.1) is 18.2 Å². The highest BCUT2D eigenvalue weighted by Gasteiger charge is 2.46. The van der Waals surface area contributed by atoms with Crippen molar-refractivity contribution in [3.8, 4) is 5.75 Å². The fraction of sp³-hybridized carbons (Fsp3) is 0.120. The number of ether oxygens (including phenoxy) is 2. The summed E-state index contributed by atoms with van der Waals surface area (Å²) in [5.41, 5.74) is 0.327. The van der Waals surface area contributed by atoms with E-state index >= 15 is 0 Å². The van der Waals surface area contributed by atoms with E-state index in [2.05, 4.69) is 5.32 Å². The maximum absolute atomic E-state index is 14.4. The van der Waals surface area contributed by atoms with E-state index in [1.807, 2.05) is 0 Å². The molecule has 2 atom stereocenters. The average Bonchev–Trinajstić information content (AvgIpc) is 3.15. The van der Waals surface area contributed by atoms with Crippen LogP contribution in [-0.4, -0.2) is 30.6 Å². The molecule has 33 heavy (non-hydrogen) atoms. The number of nitrogens with one attached hydrogen (secondary N) is 1. The Bertz CT molecular complexity index is 1270. The summed E-state index contributed by atoms with van der Waals surface area (Å²) in [6.45, 7) is 0. The lowest BCUT2D eigenvalue weighted by Gasteiger charge is -2.21. The van der Waals surface area contributed by atoms with Crippen LogP contribution in [0.25, 0.3) is 0 Å². The van der Waals surface area contributed by atoms with Crippen molar-refractivity contribution in [3.63, 3.8) is 0 Å². The van der Waals surface area contributed by atoms with E-state index in [4.69, 9.17) is 9.47 Å². The Labute approximate surface area is 188 Å². The van der Waals surface area contributed by atoms with E-state index in [1.165, 1.54) is 49.6 Å². The minimum atomic E-state index is -1.78. The van der Waals surface area contributed by atoms with Gasteiger partial charge in [-0.05, 0) is 30.3 Å². The zero-order valence-electron chi connectivity index (χ0n) is 17.4. The fourth-order valence-corrected chi connectivity index (χ4v) is 3.68. The predicted molar refractivity (Wildman–Crippen MR) is 115 cm³/mol. The molecule has 166 valence electrons. The minimum Gasteiger partial charge on any atom is -0.497 e. The van der Waals surface area contributed by atoms with Crippen LogP contribution in [0.4, 0.5) is 10.1 Å². The molecule has 1 heterocycles. The number of anilines is 1. The number of cyclic esters (lactones) is 1. The Kier molecular flexibility index (Phi) is 5.99. The molecular weight excluding hydrogens is 429 g/mol. The van der Waals surface area contributed by atoms with Gasteiger partial charge >= 0.3 is 5.97 Å². The number of ketones is 2. The molecule has 0 spiro atoms. The summed E-state index contributed by atoms with van der Waals surface area (Å²) in [4.78, 5) is 51.7. The van der Waals surface area contributed by atoms with Crippen molar-refractivity contribution < 1.29 is 33.0 Å². The highest BCUT2D eigenvalue weighted by molar-refractivity contribution is 6.45. The summed E-state index contributed by atoms with van der Waals surface area (Å²) in [7, 11) is 1.45. The smallest absolute Gasteiger partial charge is 0.339 e. The zero-order chi connectivity index (χ0) is 23.5. The van der Waals surface area contributed by atoms with Gasteiger partial charge in [0.15, 0.2) is 5.78 Å². The molecule has 1 aliphatic heterocycles. The number of carbonyl (C=O) groups excluding carboxylic acids is 4. The van der Waals surface area contributed by atoms with Crippen LogP contribution in [0.15, 0.2) is 72.8 Å². The van der Waals surface area contributed by atoms with Crippen molar-refractivity contribution >= 4 is 29.1 Å². The molecule has 0 bridgehead atoms. The van der Waals surface area contributed by atoms with Gasteiger partial charge in [-0.3, -0.25) is 14.4 Å². The Morgan fingerprint density at radius 3 is 2.48 bits per heavy atom. The summed E-state index contributed by atoms with van der Waals surface area (Å²) in [6, 6.07) is 17.6. The Balaban J connectivity index is 1.72. The van der Waals surface area contributed by atoms with Crippen LogP contribution in [0, 0.1) is 11.7 Å². The maximum atomic E-state index is 14.4. The molecule has 3 aromatic carbocycles. The molecule has 1 N–H and O–H groups in total. The number of fused-ring (bicyclic) bond motifs is 1. The quantitative estimate of drug-likeness (QED) is 0.256. The third-order valence-corrected chi connectivity index (χ3v) is 5.28. The lowest BCUT2D eigenvalue weighted by atomic mass is 9.84. The first-order chi connectivity index (χ1) is 15.9. The van der Waals surface area contributed by atoms with Crippen LogP contribution >= 0.6 is 0 Å². The van der Waals surface area contributed by atoms with Crippen LogP contribution < -0.4 is 10.1 Å². The summed E-state index contributed by atoms with van der Waals surface area (Å²) in [6.07, 6.45) is -1.37. The molecule has 0 saturated carbocycles. The number of rotatable bonds is 7. The van der Waals surface area contributed by atoms with E-state index in [9.17, 15) is 23.6 Å². The SMILES string of the molecule is COc1cccc(NC(=O)C(=O)[C@H](C(=O)c2ccccc2F)[C@@H]2OC(=O)c3ccccc32)c1. The Morgan fingerprint density at radius 2 is 1.73 bits per heavy atom. The lowest BCUT2D eigenvalue weighted by molar-refractivity contribution is -0.138. The van der Waals surface area contributed by atoms with Gasteiger partial charge in [0, 0.05) is 17.3 Å². The number of halogens is 1. The predicted octanol–water partition coefficient (Wildman–Crippen LogP) is 3.75. The summed E-state index contributed by atoms with van der Waals surface area (Å²) in [5.74, 6) is -6.17. The Morgan fingerprint density at radius 1 is 1.00 bits per heavy atom. The van der Waals surface area contributed by atoms with Gasteiger partial charge in [-0.15, -0.1) is 0 Å². The molecule has 0 fully saturated rings. The van der Waals surface area contributed by atoms with Gasteiger partial charge < -0.3 is 14.8 Å². The van der Waals surface area contributed by atoms with Crippen molar-refractivity contribution in [3.05, 3.63) is 95.3 Å². The first-order valence-corrected chi connectivity index (χ1v) is 9.98. The summed E-state index contributed by atoms with van der Waals surface area (Å²) >= 11 is 0. The van der Waals surface area contributed by atoms with Crippen LogP contribution in [-0.2, 0) is 14.3 Å². The first-order valence-electron chi connectivity index (χ1n) is 9.98. The minimum absolute atomic E-state index is 0.176. The average molecular weight is 447 g/mol. The number of esters is 1. The zero-order valence-corrected chi connectivity index (χ0v) is 17.4. The second-order valence-electron chi connectivity index (χ2n) is 7.29. The van der Waals surface area contributed by atoms with E-state index in [1.54, 1.807) is 24.3 Å². The molecule has 7 nitrogen and oxygen atoms in total. The number of amides is 1. The molecule has 0 unspecified atom stereocenters. The third kappa shape index (κ3) is 4.23. The molecule has 0 aliphatic carbocycles. The number of hydrogen-bond donors (Lipinski definition) is 1. The summed E-state index contributed by atoms with van der Waals surface area (Å²) in [5, 5.41) is 2.42. The molecule has 4 rings (SSSR count). The Hall–Kier alpha value is -4.33. The van der Waals surface area contributed by atoms with Crippen LogP contribution in [0.1, 0.15) is 32.4 Å². The maximum Gasteiger partial charge on any atom is 0.339 e. The number of carbonyl (C=O) groups is 4. The van der Waals surface area contributed by atoms with E-state index in [0.29, 0.717) is 5.75 Å². The first kappa shape index (κ1) is 21.9. The normalized spacial score (nSPS) is 15.2. The molecule has 0 radical (unpaired) electrons. The highest BCUT2D eigenvalue weighted by Crippen LogP contribution is 2.38. The van der Waals surface area contributed by atoms with Crippen molar-refractivity contribution in [1.82, 2.24) is 0 Å². The largest absolute Gasteiger partial charge is 0.497 e. The van der Waals surface area contributed by atoms with E-state index in [0.717, 1.165) is 6.07 Å². The summed E-state index contributed by atoms with van der Waals surface area (Å²) < 4.78 is 24.8. The topological polar surface area (TPSA) is 98.8 Å². The van der Waals surface area contributed by atoms with Crippen LogP contribution in [0.2, 0.25) is 0 Å². The van der Waals surface area contributed by atoms with Crippen molar-refractivity contribution in [2.75, 3.05) is 12.4 Å². The van der Waals surface area contributed by atoms with Gasteiger partial charge in [0.1, 0.15) is 23.6 Å². The molecule has 1 amide bonds. The van der Waals surface area contributed by atoms with Crippen molar-refractivity contribution in [1.29, 1.82) is 0 Å². The third-order valence-electron chi connectivity index (χ3n) is 5.28. The second kappa shape index (κ2) is 9.04. The van der Waals surface area contributed by atoms with Crippen LogP contribution in [0.5, 0.6) is 5.75 Å². The molecule has 3 aromatic rings. The van der Waals surface area contributed by atoms with Crippen LogP contribution in [0.3, 0.4) is 0 Å². The molecular formula is C25H18FNO6. The highest BCUT2D eigenvalue weighted by atomic mass is 19.1. The van der Waals surface area contributed by atoms with Crippen molar-refractivity contribution in [2.45, 2.75) is 6.10 Å². The van der Waals surface area contributed by atoms with E-state index in [-0.39, 0.29) is 22.4 Å². The molecule has 8 heteroatoms. The van der Waals surface area contributed by atoms with Gasteiger partial charge in [-0.2, -0.15) is 0 Å². The number of methoxy groups -OCH3 is 1. The second-order valence-corrected chi connectivity index (χ2v) is 7.29. The van der Waals surface area contributed by atoms with Gasteiger partial charge in [-0.1, -0.05) is 36.4 Å². The molecule has 0 saturated heterocycles. The lowest BCUT2D eigenvalue weighted by Crippen LogP contribution is -2.38. The molecule has 1 aliphatic rings. The van der Waals surface area contributed by atoms with Gasteiger partial charge in [0.2, 0.25) is 5.78 Å². The van der Waals surface area contributed by atoms with E-state index < -0.39 is 41.3 Å². The standard InChI is InChI=1S/C25H18FNO6/c1-32-15-8-6-7-14(13-15)27-24(30)22(29)20(21(28)18-11-4-5-12-19(18)26)23-16-9-2-3-10-17(16)25(31)33-23/h2-13,20,23H,1H3,(H,27,30)/t20-,23+/m0/s1. The van der Waals surface area contributed by atoms with Crippen molar-refractivity contribution in [2.24, 2.45) is 5.92 Å². The van der Waals surface area contributed by atoms with Gasteiger partial charge in [0.25, 0.3) is 5.91 Å². The van der Waals surface area contributed by atoms with Gasteiger partial charge in [-0.25, -0.2) is 9.18 Å². The monoisotopic (exact) mass is 447 g/mol. The number of Topliss-reactive ketones (excluding diaryl/α,β-unsaturated/α-hetero) is 2. The molecule has 0 aromatic heterocycles. The number of hydrogen-bond acceptors (Lipinski definition) is 6. The number of benzene rings is 3. The fourth-order valence-electron chi connectivity index (χ4n) is 3.68.